The number of aliphatic hydroxyl groups is 1. The number of hydrogen-bond donors (Lipinski definition) is 1. The number of aromatic nitrogens is 3. The van der Waals surface area contributed by atoms with Crippen molar-refractivity contribution in [3.63, 3.8) is 0 Å². The first kappa shape index (κ1) is 8.85. The van der Waals surface area contributed by atoms with Gasteiger partial charge in [0.1, 0.15) is 5.52 Å². The van der Waals surface area contributed by atoms with Gasteiger partial charge in [0.15, 0.2) is 5.65 Å². The Bertz CT molecular complexity index is 500. The summed E-state index contributed by atoms with van der Waals surface area (Å²) in [6.07, 6.45) is 5.52. The van der Waals surface area contributed by atoms with Gasteiger partial charge in [0, 0.05) is 17.8 Å². The number of pyridine rings is 1. The quantitative estimate of drug-likeness (QED) is 0.810. The van der Waals surface area contributed by atoms with Gasteiger partial charge in [-0.3, -0.25) is 0 Å². The maximum Gasteiger partial charge on any atom is 0.160 e. The van der Waals surface area contributed by atoms with Crippen molar-refractivity contribution in [3.8, 4) is 0 Å². The molecule has 15 heavy (non-hydrogen) atoms. The van der Waals surface area contributed by atoms with Gasteiger partial charge in [0.05, 0.1) is 12.4 Å². The molecule has 1 aliphatic rings. The predicted octanol–water partition coefficient (Wildman–Crippen LogP) is 1.82. The molecule has 78 valence electrons. The van der Waals surface area contributed by atoms with Gasteiger partial charge in [-0.1, -0.05) is 0 Å². The maximum atomic E-state index is 9.61. The van der Waals surface area contributed by atoms with Gasteiger partial charge >= 0.3 is 0 Å². The van der Waals surface area contributed by atoms with Gasteiger partial charge in [0.25, 0.3) is 0 Å². The Morgan fingerprint density at radius 2 is 2.27 bits per heavy atom. The van der Waals surface area contributed by atoms with E-state index in [9.17, 15) is 5.11 Å². The van der Waals surface area contributed by atoms with E-state index in [0.29, 0.717) is 6.04 Å². The van der Waals surface area contributed by atoms with Gasteiger partial charge in [-0.05, 0) is 25.8 Å². The molecular weight excluding hydrogens is 190 g/mol. The van der Waals surface area contributed by atoms with E-state index >= 15 is 0 Å². The van der Waals surface area contributed by atoms with Crippen LogP contribution in [0.4, 0.5) is 0 Å². The van der Waals surface area contributed by atoms with E-state index in [1.165, 1.54) is 12.8 Å². The summed E-state index contributed by atoms with van der Waals surface area (Å²) in [6, 6.07) is 2.41. The summed E-state index contributed by atoms with van der Waals surface area (Å²) in [4.78, 5) is 8.68. The number of aliphatic hydroxyl groups excluding tert-OH is 1. The first-order valence-electron chi connectivity index (χ1n) is 5.27. The Labute approximate surface area is 87.6 Å². The third-order valence-electron chi connectivity index (χ3n) is 2.88. The standard InChI is InChI=1S/C11H13N3O/c1-7(15)9-4-5-12-11-10(9)13-6-14(11)8-2-3-8/h4-8,15H,2-3H2,1H3. The minimum Gasteiger partial charge on any atom is -0.389 e. The molecule has 1 saturated carbocycles. The normalized spacial score (nSPS) is 18.3. The molecule has 1 N–H and O–H groups in total. The highest BCUT2D eigenvalue weighted by atomic mass is 16.3. The first-order valence-corrected chi connectivity index (χ1v) is 5.27. The third kappa shape index (κ3) is 1.33. The summed E-state index contributed by atoms with van der Waals surface area (Å²) < 4.78 is 2.11. The second-order valence-electron chi connectivity index (χ2n) is 4.13. The van der Waals surface area contributed by atoms with Crippen LogP contribution in [0.15, 0.2) is 18.6 Å². The molecule has 0 radical (unpaired) electrons. The van der Waals surface area contributed by atoms with E-state index in [1.807, 2.05) is 12.4 Å². The molecule has 1 atom stereocenters. The SMILES string of the molecule is CC(O)c1ccnc2c1ncn2C1CC1. The van der Waals surface area contributed by atoms with Crippen LogP contribution in [-0.4, -0.2) is 19.6 Å². The summed E-state index contributed by atoms with van der Waals surface area (Å²) in [5, 5.41) is 9.61. The molecule has 4 heteroatoms. The van der Waals surface area contributed by atoms with Crippen molar-refractivity contribution in [2.45, 2.75) is 31.9 Å². The molecule has 0 bridgehead atoms. The lowest BCUT2D eigenvalue weighted by atomic mass is 10.1. The second kappa shape index (κ2) is 3.03. The molecule has 0 aliphatic heterocycles. The number of nitrogens with zero attached hydrogens (tertiary/aromatic N) is 3. The predicted molar refractivity (Wildman–Crippen MR) is 56.4 cm³/mol. The molecule has 4 nitrogen and oxygen atoms in total. The van der Waals surface area contributed by atoms with Crippen molar-refractivity contribution in [3.05, 3.63) is 24.2 Å². The van der Waals surface area contributed by atoms with Crippen LogP contribution in [0.5, 0.6) is 0 Å². The van der Waals surface area contributed by atoms with Gasteiger partial charge in [-0.15, -0.1) is 0 Å². The minimum absolute atomic E-state index is 0.488. The third-order valence-corrected chi connectivity index (χ3v) is 2.88. The van der Waals surface area contributed by atoms with Crippen LogP contribution < -0.4 is 0 Å². The Hall–Kier alpha value is -1.42. The average molecular weight is 203 g/mol. The lowest BCUT2D eigenvalue weighted by Crippen LogP contribution is -1.96. The highest BCUT2D eigenvalue weighted by Crippen LogP contribution is 2.37. The topological polar surface area (TPSA) is 50.9 Å². The van der Waals surface area contributed by atoms with Crippen LogP contribution in [0.1, 0.15) is 37.5 Å². The lowest BCUT2D eigenvalue weighted by molar-refractivity contribution is 0.200. The summed E-state index contributed by atoms with van der Waals surface area (Å²) in [5.41, 5.74) is 2.59. The number of hydrogen-bond acceptors (Lipinski definition) is 3. The van der Waals surface area contributed by atoms with E-state index in [1.54, 1.807) is 13.1 Å². The van der Waals surface area contributed by atoms with Crippen molar-refractivity contribution in [1.82, 2.24) is 14.5 Å². The Morgan fingerprint density at radius 1 is 1.47 bits per heavy atom. The summed E-state index contributed by atoms with van der Waals surface area (Å²) in [5.74, 6) is 0. The second-order valence-corrected chi connectivity index (χ2v) is 4.13. The molecule has 2 aromatic rings. The number of rotatable bonds is 2. The zero-order valence-corrected chi connectivity index (χ0v) is 8.59. The fraction of sp³-hybridized carbons (Fsp3) is 0.455. The molecule has 0 amide bonds. The van der Waals surface area contributed by atoms with E-state index < -0.39 is 6.10 Å². The van der Waals surface area contributed by atoms with E-state index in [0.717, 1.165) is 16.7 Å². The van der Waals surface area contributed by atoms with Crippen molar-refractivity contribution >= 4 is 11.2 Å². The van der Waals surface area contributed by atoms with Crippen molar-refractivity contribution in [2.24, 2.45) is 0 Å². The van der Waals surface area contributed by atoms with Gasteiger partial charge < -0.3 is 9.67 Å². The van der Waals surface area contributed by atoms with Crippen molar-refractivity contribution in [2.75, 3.05) is 0 Å². The van der Waals surface area contributed by atoms with E-state index in [2.05, 4.69) is 14.5 Å². The summed E-state index contributed by atoms with van der Waals surface area (Å²) in [6.45, 7) is 1.75. The molecule has 3 rings (SSSR count). The first-order chi connectivity index (χ1) is 7.27. The van der Waals surface area contributed by atoms with Gasteiger partial charge in [0.2, 0.25) is 0 Å². The number of fused-ring (bicyclic) bond motifs is 1. The smallest absolute Gasteiger partial charge is 0.160 e. The fourth-order valence-corrected chi connectivity index (χ4v) is 1.91. The fourth-order valence-electron chi connectivity index (χ4n) is 1.91. The van der Waals surface area contributed by atoms with Crippen LogP contribution in [0, 0.1) is 0 Å². The van der Waals surface area contributed by atoms with E-state index in [4.69, 9.17) is 0 Å². The van der Waals surface area contributed by atoms with Crippen LogP contribution in [0.25, 0.3) is 11.2 Å². The highest BCUT2D eigenvalue weighted by Gasteiger charge is 2.26. The molecule has 1 aliphatic carbocycles. The molecule has 0 aromatic carbocycles. The highest BCUT2D eigenvalue weighted by molar-refractivity contribution is 5.75. The zero-order chi connectivity index (χ0) is 10.4. The minimum atomic E-state index is -0.488. The Kier molecular flexibility index (Phi) is 1.79. The average Bonchev–Trinajstić information content (AvgIpc) is 2.97. The van der Waals surface area contributed by atoms with Crippen LogP contribution in [0.3, 0.4) is 0 Å². The zero-order valence-electron chi connectivity index (χ0n) is 8.59. The molecular formula is C11H13N3O. The van der Waals surface area contributed by atoms with Gasteiger partial charge in [-0.25, -0.2) is 9.97 Å². The van der Waals surface area contributed by atoms with Gasteiger partial charge in [-0.2, -0.15) is 0 Å². The van der Waals surface area contributed by atoms with E-state index in [-0.39, 0.29) is 0 Å². The summed E-state index contributed by atoms with van der Waals surface area (Å²) in [7, 11) is 0. The Balaban J connectivity index is 2.23. The van der Waals surface area contributed by atoms with Crippen LogP contribution >= 0.6 is 0 Å². The molecule has 0 saturated heterocycles. The molecule has 0 spiro atoms. The Morgan fingerprint density at radius 3 is 2.93 bits per heavy atom. The van der Waals surface area contributed by atoms with Crippen LogP contribution in [-0.2, 0) is 0 Å². The molecule has 1 fully saturated rings. The van der Waals surface area contributed by atoms with Crippen molar-refractivity contribution < 1.29 is 5.11 Å². The summed E-state index contributed by atoms with van der Waals surface area (Å²) >= 11 is 0. The van der Waals surface area contributed by atoms with Crippen molar-refractivity contribution in [1.29, 1.82) is 0 Å². The monoisotopic (exact) mass is 203 g/mol. The largest absolute Gasteiger partial charge is 0.389 e. The molecule has 2 heterocycles. The molecule has 1 unspecified atom stereocenters. The maximum absolute atomic E-state index is 9.61. The number of imidazole rings is 1. The van der Waals surface area contributed by atoms with Crippen LogP contribution in [0.2, 0.25) is 0 Å². The molecule has 2 aromatic heterocycles. The lowest BCUT2D eigenvalue weighted by Gasteiger charge is -2.05.